The van der Waals surface area contributed by atoms with E-state index < -0.39 is 0 Å². The van der Waals surface area contributed by atoms with E-state index in [9.17, 15) is 5.11 Å². The molecule has 5 nitrogen and oxygen atoms in total. The Morgan fingerprint density at radius 3 is 2.34 bits per heavy atom. The number of piperidine rings is 1. The van der Waals surface area contributed by atoms with Crippen molar-refractivity contribution in [1.29, 1.82) is 0 Å². The van der Waals surface area contributed by atoms with Crippen LogP contribution in [0.3, 0.4) is 0 Å². The van der Waals surface area contributed by atoms with Crippen LogP contribution in [0.5, 0.6) is 5.75 Å². The Labute approximate surface area is 197 Å². The zero-order valence-corrected chi connectivity index (χ0v) is 21.6. The Morgan fingerprint density at radius 2 is 1.81 bits per heavy atom. The highest BCUT2D eigenvalue weighted by Gasteiger charge is 2.39. The maximum atomic E-state index is 10.7. The molecule has 0 spiro atoms. The minimum Gasteiger partial charge on any atom is -0.507 e. The van der Waals surface area contributed by atoms with Crippen LogP contribution in [0.4, 0.5) is 0 Å². The molecule has 1 aliphatic rings. The van der Waals surface area contributed by atoms with Gasteiger partial charge in [0.05, 0.1) is 5.71 Å². The molecule has 0 radical (unpaired) electrons. The molecule has 174 valence electrons. The van der Waals surface area contributed by atoms with Crippen molar-refractivity contribution in [3.8, 4) is 16.2 Å². The van der Waals surface area contributed by atoms with Crippen LogP contribution in [-0.2, 0) is 0 Å². The molecule has 6 heteroatoms. The zero-order chi connectivity index (χ0) is 23.7. The van der Waals surface area contributed by atoms with Gasteiger partial charge < -0.3 is 15.3 Å². The first-order chi connectivity index (χ1) is 14.9. The molecular formula is C26H38N4OS. The number of hydrogen-bond donors (Lipinski definition) is 2. The number of phenolic OH excluding ortho intramolecular Hbond substituents is 1. The highest BCUT2D eigenvalue weighted by Crippen LogP contribution is 2.33. The fraction of sp³-hybridized carbons (Fsp3) is 0.538. The molecule has 32 heavy (non-hydrogen) atoms. The average molecular weight is 455 g/mol. The van der Waals surface area contributed by atoms with Gasteiger partial charge in [-0.3, -0.25) is 0 Å². The first-order valence-corrected chi connectivity index (χ1v) is 12.3. The fourth-order valence-corrected chi connectivity index (χ4v) is 5.73. The quantitative estimate of drug-likeness (QED) is 0.321. The van der Waals surface area contributed by atoms with Gasteiger partial charge in [-0.2, -0.15) is 5.10 Å². The molecule has 0 saturated carbocycles. The van der Waals surface area contributed by atoms with Gasteiger partial charge in [0.1, 0.15) is 11.6 Å². The van der Waals surface area contributed by atoms with E-state index in [4.69, 9.17) is 0 Å². The number of amidine groups is 1. The van der Waals surface area contributed by atoms with Gasteiger partial charge in [-0.1, -0.05) is 13.0 Å². The normalized spacial score (nSPS) is 19.2. The number of phenols is 1. The van der Waals surface area contributed by atoms with Crippen LogP contribution in [0.25, 0.3) is 10.4 Å². The average Bonchev–Trinajstić information content (AvgIpc) is 3.12. The van der Waals surface area contributed by atoms with Crippen LogP contribution in [0.2, 0.25) is 0 Å². The van der Waals surface area contributed by atoms with Gasteiger partial charge in [-0.15, -0.1) is 16.4 Å². The second-order valence-electron chi connectivity index (χ2n) is 10.3. The summed E-state index contributed by atoms with van der Waals surface area (Å²) in [7, 11) is 2.11. The minimum absolute atomic E-state index is 0.0768. The second kappa shape index (κ2) is 9.36. The van der Waals surface area contributed by atoms with Crippen LogP contribution >= 0.6 is 11.3 Å². The monoisotopic (exact) mass is 454 g/mol. The summed E-state index contributed by atoms with van der Waals surface area (Å²) >= 11 is 1.69. The van der Waals surface area contributed by atoms with Crippen LogP contribution in [0.15, 0.2) is 39.8 Å². The Morgan fingerprint density at radius 1 is 1.16 bits per heavy atom. The van der Waals surface area contributed by atoms with Crippen LogP contribution in [0, 0.1) is 6.92 Å². The molecule has 2 aromatic rings. The maximum absolute atomic E-state index is 10.7. The lowest BCUT2D eigenvalue weighted by Gasteiger charge is -2.49. The highest BCUT2D eigenvalue weighted by molar-refractivity contribution is 7.13. The third kappa shape index (κ3) is 5.78. The van der Waals surface area contributed by atoms with E-state index in [0.717, 1.165) is 40.4 Å². The van der Waals surface area contributed by atoms with E-state index in [1.165, 1.54) is 5.56 Å². The molecule has 0 amide bonds. The SMILES string of the molecule is CC/C(=N\N=C(/C)N(C)C1CC(C)(C)NC(C)(C)C1)c1ccc(-c2cc(C)cs2)cc1O. The highest BCUT2D eigenvalue weighted by atomic mass is 32.1. The van der Waals surface area contributed by atoms with Crippen LogP contribution in [0.1, 0.15) is 71.9 Å². The number of benzene rings is 1. The summed E-state index contributed by atoms with van der Waals surface area (Å²) in [5.74, 6) is 1.14. The molecule has 2 N–H and O–H groups in total. The van der Waals surface area contributed by atoms with Crippen molar-refractivity contribution in [1.82, 2.24) is 10.2 Å². The lowest BCUT2D eigenvalue weighted by atomic mass is 9.79. The topological polar surface area (TPSA) is 60.2 Å². The molecule has 1 aromatic carbocycles. The standard InChI is InChI=1S/C26H38N4OS/c1-9-22(21-11-10-19(13-23(21)31)24-12-17(2)16-32-24)28-27-18(3)30(8)20-14-25(4,5)29-26(6,7)15-20/h10-13,16,20,29,31H,9,14-15H2,1-8H3/b27-18+,28-22+. The summed E-state index contributed by atoms with van der Waals surface area (Å²) < 4.78 is 0. The van der Waals surface area contributed by atoms with E-state index in [1.54, 1.807) is 11.3 Å². The fourth-order valence-electron chi connectivity index (χ4n) is 4.84. The zero-order valence-electron chi connectivity index (χ0n) is 20.8. The molecule has 3 rings (SSSR count). The van der Waals surface area contributed by atoms with Gasteiger partial charge in [0.25, 0.3) is 0 Å². The van der Waals surface area contributed by atoms with E-state index in [2.05, 4.69) is 73.5 Å². The summed E-state index contributed by atoms with van der Waals surface area (Å²) in [6, 6.07) is 8.36. The lowest BCUT2D eigenvalue weighted by Crippen LogP contribution is -2.62. The minimum atomic E-state index is 0.0768. The number of rotatable bonds is 5. The number of hydrogen-bond acceptors (Lipinski definition) is 5. The molecule has 1 fully saturated rings. The van der Waals surface area contributed by atoms with Gasteiger partial charge >= 0.3 is 0 Å². The van der Waals surface area contributed by atoms with Crippen LogP contribution in [-0.4, -0.2) is 45.7 Å². The van der Waals surface area contributed by atoms with Gasteiger partial charge in [0.15, 0.2) is 0 Å². The van der Waals surface area contributed by atoms with Crippen molar-refractivity contribution in [3.63, 3.8) is 0 Å². The first-order valence-electron chi connectivity index (χ1n) is 11.4. The summed E-state index contributed by atoms with van der Waals surface area (Å²) in [6.07, 6.45) is 2.79. The molecule has 0 atom stereocenters. The Bertz CT molecular complexity index is 1000. The lowest BCUT2D eigenvalue weighted by molar-refractivity contribution is 0.113. The van der Waals surface area contributed by atoms with Gasteiger partial charge in [0, 0.05) is 34.6 Å². The summed E-state index contributed by atoms with van der Waals surface area (Å²) in [6.45, 7) is 15.2. The third-order valence-electron chi connectivity index (χ3n) is 6.20. The molecule has 0 unspecified atom stereocenters. The Hall–Kier alpha value is -2.18. The number of aromatic hydroxyl groups is 1. The maximum Gasteiger partial charge on any atom is 0.125 e. The molecule has 1 saturated heterocycles. The van der Waals surface area contributed by atoms with E-state index in [-0.39, 0.29) is 16.8 Å². The van der Waals surface area contributed by atoms with Crippen molar-refractivity contribution in [2.24, 2.45) is 10.2 Å². The third-order valence-corrected chi connectivity index (χ3v) is 7.30. The molecule has 2 heterocycles. The molecule has 1 aromatic heterocycles. The van der Waals surface area contributed by atoms with Gasteiger partial charge in [-0.25, -0.2) is 0 Å². The molecule has 0 aliphatic carbocycles. The number of aryl methyl sites for hydroxylation is 1. The number of nitrogens with zero attached hydrogens (tertiary/aromatic N) is 3. The van der Waals surface area contributed by atoms with E-state index in [1.807, 2.05) is 32.0 Å². The molecule has 1 aliphatic heterocycles. The summed E-state index contributed by atoms with van der Waals surface area (Å²) in [4.78, 5) is 3.41. The Kier molecular flexibility index (Phi) is 7.15. The summed E-state index contributed by atoms with van der Waals surface area (Å²) in [5, 5.41) is 25.7. The predicted molar refractivity (Wildman–Crippen MR) is 138 cm³/mol. The van der Waals surface area contributed by atoms with Crippen molar-refractivity contribution in [3.05, 3.63) is 40.8 Å². The first kappa shape index (κ1) is 24.5. The number of nitrogens with one attached hydrogen (secondary N) is 1. The molecule has 0 bridgehead atoms. The second-order valence-corrected chi connectivity index (χ2v) is 11.2. The van der Waals surface area contributed by atoms with E-state index in [0.29, 0.717) is 12.5 Å². The largest absolute Gasteiger partial charge is 0.507 e. The van der Waals surface area contributed by atoms with Crippen molar-refractivity contribution < 1.29 is 5.11 Å². The predicted octanol–water partition coefficient (Wildman–Crippen LogP) is 6.20. The van der Waals surface area contributed by atoms with Crippen molar-refractivity contribution in [2.75, 3.05) is 7.05 Å². The van der Waals surface area contributed by atoms with Crippen molar-refractivity contribution in [2.45, 2.75) is 84.8 Å². The van der Waals surface area contributed by atoms with E-state index >= 15 is 0 Å². The summed E-state index contributed by atoms with van der Waals surface area (Å²) in [5.41, 5.74) is 3.94. The van der Waals surface area contributed by atoms with Crippen molar-refractivity contribution >= 4 is 22.9 Å². The van der Waals surface area contributed by atoms with Gasteiger partial charge in [0.2, 0.25) is 0 Å². The number of thiophene rings is 1. The van der Waals surface area contributed by atoms with Gasteiger partial charge in [-0.05, 0) is 95.5 Å². The van der Waals surface area contributed by atoms with Crippen LogP contribution < -0.4 is 5.32 Å². The Balaban J connectivity index is 1.81. The smallest absolute Gasteiger partial charge is 0.125 e. The molecular weight excluding hydrogens is 416 g/mol.